The molecule has 5 aliphatic rings. The smallest absolute Gasteiger partial charge is 0.308 e. The van der Waals surface area contributed by atoms with Crippen molar-refractivity contribution in [1.82, 2.24) is 5.32 Å². The molecule has 19 heavy (non-hydrogen) atoms. The molecule has 0 amide bonds. The summed E-state index contributed by atoms with van der Waals surface area (Å²) in [4.78, 5) is 3.30. The summed E-state index contributed by atoms with van der Waals surface area (Å²) < 4.78 is 0. The van der Waals surface area contributed by atoms with Crippen LogP contribution in [0, 0.1) is 23.2 Å². The van der Waals surface area contributed by atoms with Gasteiger partial charge in [0.05, 0.1) is 0 Å². The second-order valence-electron chi connectivity index (χ2n) is 7.00. The molecule has 0 saturated heterocycles. The van der Waals surface area contributed by atoms with Crippen molar-refractivity contribution in [3.05, 3.63) is 11.2 Å². The van der Waals surface area contributed by atoms with E-state index in [4.69, 9.17) is 0 Å². The van der Waals surface area contributed by atoms with E-state index in [1.54, 1.807) is 11.8 Å². The van der Waals surface area contributed by atoms with Crippen molar-refractivity contribution < 1.29 is 10.1 Å². The maximum Gasteiger partial charge on any atom is 0.308 e. The summed E-state index contributed by atoms with van der Waals surface area (Å²) in [6.07, 6.45) is 7.99. The van der Waals surface area contributed by atoms with Gasteiger partial charge in [-0.05, 0) is 68.0 Å². The molecule has 1 aliphatic heterocycles. The van der Waals surface area contributed by atoms with Gasteiger partial charge in [0, 0.05) is 10.8 Å². The lowest BCUT2D eigenvalue weighted by Crippen LogP contribution is -2.69. The normalized spacial score (nSPS) is 44.3. The predicted octanol–water partition coefficient (Wildman–Crippen LogP) is 1.38. The molecule has 1 heterocycles. The Balaban J connectivity index is 1.52. The van der Waals surface area contributed by atoms with Crippen LogP contribution in [0.15, 0.2) is 11.2 Å². The molecule has 4 bridgehead atoms. The van der Waals surface area contributed by atoms with Crippen LogP contribution in [0.5, 0.6) is 0 Å². The van der Waals surface area contributed by atoms with Crippen LogP contribution in [-0.2, 0) is 0 Å². The monoisotopic (exact) mass is 279 g/mol. The van der Waals surface area contributed by atoms with E-state index in [-0.39, 0.29) is 5.41 Å². The third kappa shape index (κ3) is 2.08. The van der Waals surface area contributed by atoms with Crippen LogP contribution in [0.2, 0.25) is 0 Å². The van der Waals surface area contributed by atoms with Gasteiger partial charge in [-0.15, -0.1) is 0 Å². The van der Waals surface area contributed by atoms with Gasteiger partial charge in [0.1, 0.15) is 18.8 Å². The minimum Gasteiger partial charge on any atom is -0.511 e. The first-order valence-electron chi connectivity index (χ1n) is 7.64. The molecule has 4 aliphatic carbocycles. The van der Waals surface area contributed by atoms with Crippen LogP contribution in [0.25, 0.3) is 0 Å². The highest BCUT2D eigenvalue weighted by Gasteiger charge is 2.52. The van der Waals surface area contributed by atoms with E-state index in [0.717, 1.165) is 36.0 Å². The van der Waals surface area contributed by atoms with Gasteiger partial charge in [-0.25, -0.2) is 0 Å². The van der Waals surface area contributed by atoms with E-state index in [9.17, 15) is 5.11 Å². The first-order valence-corrected chi connectivity index (χ1v) is 8.52. The van der Waals surface area contributed by atoms with Gasteiger partial charge in [-0.3, -0.25) is 10.3 Å². The van der Waals surface area contributed by atoms with Crippen LogP contribution in [-0.4, -0.2) is 23.4 Å². The van der Waals surface area contributed by atoms with Gasteiger partial charge in [0.15, 0.2) is 0 Å². The molecule has 3 N–H and O–H groups in total. The fourth-order valence-electron chi connectivity index (χ4n) is 5.16. The molecule has 4 fully saturated rings. The van der Waals surface area contributed by atoms with Crippen LogP contribution in [0.4, 0.5) is 0 Å². The zero-order chi connectivity index (χ0) is 12.9. The molecule has 0 aromatic heterocycles. The molecule has 0 atom stereocenters. The summed E-state index contributed by atoms with van der Waals surface area (Å²) in [5.74, 6) is 3.34. The van der Waals surface area contributed by atoms with E-state index in [1.807, 2.05) is 5.41 Å². The summed E-state index contributed by atoms with van der Waals surface area (Å²) in [7, 11) is 0. The van der Waals surface area contributed by atoms with Gasteiger partial charge in [-0.1, -0.05) is 0 Å². The lowest BCUT2D eigenvalue weighted by Gasteiger charge is -2.56. The van der Waals surface area contributed by atoms with Crippen molar-refractivity contribution in [2.24, 2.45) is 23.2 Å². The number of allylic oxidation sites excluding steroid dienone is 1. The Kier molecular flexibility index (Phi) is 2.83. The third-order valence-electron chi connectivity index (χ3n) is 5.57. The van der Waals surface area contributed by atoms with E-state index in [0.29, 0.717) is 5.76 Å². The van der Waals surface area contributed by atoms with Gasteiger partial charge in [-0.2, -0.15) is 0 Å². The maximum absolute atomic E-state index is 10.6. The molecule has 104 valence electrons. The fourth-order valence-corrected chi connectivity index (χ4v) is 6.01. The minimum absolute atomic E-state index is 0.140. The number of aliphatic hydroxyl groups excluding tert-OH is 1. The van der Waals surface area contributed by atoms with E-state index in [1.165, 1.54) is 38.5 Å². The number of nitrogens with one attached hydrogen (secondary N) is 2. The van der Waals surface area contributed by atoms with Gasteiger partial charge >= 0.3 is 5.17 Å². The number of amidine groups is 1. The summed E-state index contributed by atoms with van der Waals surface area (Å²) in [6, 6.07) is 0. The molecule has 3 nitrogen and oxygen atoms in total. The second-order valence-corrected chi connectivity index (χ2v) is 7.88. The van der Waals surface area contributed by atoms with Crippen molar-refractivity contribution in [2.45, 2.75) is 38.5 Å². The highest BCUT2D eigenvalue weighted by Crippen LogP contribution is 2.62. The number of rotatable bonds is 2. The quantitative estimate of drug-likeness (QED) is 0.669. The second kappa shape index (κ2) is 4.44. The summed E-state index contributed by atoms with van der Waals surface area (Å²) >= 11 is 1.62. The fraction of sp³-hybridized carbons (Fsp3) is 0.800. The number of hydrogen-bond donors (Lipinski definition) is 3. The molecule has 0 unspecified atom stereocenters. The molecule has 0 aromatic carbocycles. The Morgan fingerprint density at radius 2 is 1.84 bits per heavy atom. The molecule has 5 rings (SSSR count). The van der Waals surface area contributed by atoms with E-state index >= 15 is 0 Å². The van der Waals surface area contributed by atoms with Crippen LogP contribution >= 0.6 is 11.8 Å². The SMILES string of the molecule is O/C(=C/SC1=[NH+]CCN1)C12CC3CC(CC(C3)C1)C2. The maximum atomic E-state index is 10.6. The molecular weight excluding hydrogens is 256 g/mol. The number of thioether (sulfide) groups is 1. The Bertz CT molecular complexity index is 408. The summed E-state index contributed by atoms with van der Waals surface area (Å²) in [5.41, 5.74) is 0.140. The summed E-state index contributed by atoms with van der Waals surface area (Å²) in [5, 5.41) is 17.0. The van der Waals surface area contributed by atoms with Crippen molar-refractivity contribution >= 4 is 16.9 Å². The van der Waals surface area contributed by atoms with Crippen molar-refractivity contribution in [1.29, 1.82) is 0 Å². The first kappa shape index (κ1) is 12.1. The predicted molar refractivity (Wildman–Crippen MR) is 77.7 cm³/mol. The molecule has 4 saturated carbocycles. The lowest BCUT2D eigenvalue weighted by molar-refractivity contribution is -0.441. The van der Waals surface area contributed by atoms with Crippen LogP contribution < -0.4 is 10.3 Å². The van der Waals surface area contributed by atoms with Crippen molar-refractivity contribution in [3.63, 3.8) is 0 Å². The third-order valence-corrected chi connectivity index (χ3v) is 6.43. The average Bonchev–Trinajstić information content (AvgIpc) is 2.87. The molecule has 4 heteroatoms. The zero-order valence-electron chi connectivity index (χ0n) is 11.3. The number of aliphatic hydroxyl groups is 1. The Morgan fingerprint density at radius 3 is 2.37 bits per heavy atom. The van der Waals surface area contributed by atoms with E-state index < -0.39 is 0 Å². The molecular formula is C15H23N2OS+. The Labute approximate surface area is 118 Å². The zero-order valence-corrected chi connectivity index (χ0v) is 12.1. The molecule has 0 spiro atoms. The van der Waals surface area contributed by atoms with Crippen LogP contribution in [0.3, 0.4) is 0 Å². The molecule has 0 aromatic rings. The largest absolute Gasteiger partial charge is 0.511 e. The van der Waals surface area contributed by atoms with Gasteiger partial charge in [0.25, 0.3) is 0 Å². The highest BCUT2D eigenvalue weighted by molar-refractivity contribution is 8.16. The minimum atomic E-state index is 0.140. The topological polar surface area (TPSA) is 46.2 Å². The molecule has 0 radical (unpaired) electrons. The lowest BCUT2D eigenvalue weighted by atomic mass is 9.49. The average molecular weight is 279 g/mol. The Morgan fingerprint density at radius 1 is 1.21 bits per heavy atom. The van der Waals surface area contributed by atoms with Gasteiger partial charge in [0.2, 0.25) is 0 Å². The standard InChI is InChI=1S/C15H22N2OS/c18-13(9-19-14-16-1-2-17-14)15-6-10-3-11(7-15)5-12(4-10)8-15/h9-12,18H,1-8H2,(H,16,17)/p+1/b13-9+. The first-order chi connectivity index (χ1) is 9.23. The highest BCUT2D eigenvalue weighted by atomic mass is 32.2. The Hall–Kier alpha value is -0.640. The van der Waals surface area contributed by atoms with Crippen molar-refractivity contribution in [2.75, 3.05) is 13.1 Å². The van der Waals surface area contributed by atoms with Crippen LogP contribution in [0.1, 0.15) is 38.5 Å². The van der Waals surface area contributed by atoms with E-state index in [2.05, 4.69) is 10.3 Å². The van der Waals surface area contributed by atoms with Crippen molar-refractivity contribution in [3.8, 4) is 0 Å². The summed E-state index contributed by atoms with van der Waals surface area (Å²) in [6.45, 7) is 1.99. The number of hydrogen-bond acceptors (Lipinski definition) is 3. The van der Waals surface area contributed by atoms with Gasteiger partial charge < -0.3 is 5.11 Å².